The number of nitro groups is 1. The zero-order chi connectivity index (χ0) is 16.4. The first-order chi connectivity index (χ1) is 11.1. The van der Waals surface area contributed by atoms with Crippen LogP contribution in [0.15, 0.2) is 12.1 Å². The van der Waals surface area contributed by atoms with Crippen LogP contribution in [0.4, 0.5) is 5.00 Å². The fraction of sp³-hybridized carbons (Fsp3) is 0.571. The molecule has 1 aromatic rings. The molecule has 1 atom stereocenters. The Kier molecular flexibility index (Phi) is 4.58. The lowest BCUT2D eigenvalue weighted by Gasteiger charge is -2.35. The molecule has 2 fully saturated rings. The Hall–Kier alpha value is -2.00. The van der Waals surface area contributed by atoms with E-state index in [1.165, 1.54) is 12.1 Å². The Morgan fingerprint density at radius 3 is 2.48 bits per heavy atom. The summed E-state index contributed by atoms with van der Waals surface area (Å²) in [6.45, 7) is 2.82. The van der Waals surface area contributed by atoms with Gasteiger partial charge in [0.15, 0.2) is 0 Å². The second kappa shape index (κ2) is 6.63. The van der Waals surface area contributed by atoms with Crippen LogP contribution in [0.2, 0.25) is 0 Å². The molecule has 0 aliphatic carbocycles. The van der Waals surface area contributed by atoms with Crippen molar-refractivity contribution in [1.82, 2.24) is 15.1 Å². The van der Waals surface area contributed by atoms with Crippen molar-refractivity contribution in [3.8, 4) is 0 Å². The summed E-state index contributed by atoms with van der Waals surface area (Å²) in [5.74, 6) is -0.0875. The maximum Gasteiger partial charge on any atom is 0.324 e. The molecule has 9 heteroatoms. The van der Waals surface area contributed by atoms with Crippen molar-refractivity contribution in [2.75, 3.05) is 32.7 Å². The molecular weight excluding hydrogens is 320 g/mol. The predicted octanol–water partition coefficient (Wildman–Crippen LogP) is 0.693. The third-order valence-corrected chi connectivity index (χ3v) is 5.24. The summed E-state index contributed by atoms with van der Waals surface area (Å²) < 4.78 is 0. The molecular formula is C14H18N4O4S. The third kappa shape index (κ3) is 3.35. The molecule has 0 bridgehead atoms. The summed E-state index contributed by atoms with van der Waals surface area (Å²) in [7, 11) is 0. The largest absolute Gasteiger partial charge is 0.338 e. The lowest BCUT2D eigenvalue weighted by molar-refractivity contribution is -0.380. The van der Waals surface area contributed by atoms with E-state index < -0.39 is 4.92 Å². The van der Waals surface area contributed by atoms with E-state index in [0.717, 1.165) is 30.7 Å². The van der Waals surface area contributed by atoms with E-state index in [0.29, 0.717) is 31.1 Å². The Bertz CT molecular complexity index is 618. The van der Waals surface area contributed by atoms with Gasteiger partial charge in [0.1, 0.15) is 0 Å². The topological polar surface area (TPSA) is 95.8 Å². The Morgan fingerprint density at radius 1 is 1.22 bits per heavy atom. The summed E-state index contributed by atoms with van der Waals surface area (Å²) in [5, 5.41) is 13.9. The molecule has 1 aromatic heterocycles. The molecule has 124 valence electrons. The Morgan fingerprint density at radius 2 is 1.91 bits per heavy atom. The Labute approximate surface area is 137 Å². The van der Waals surface area contributed by atoms with Crippen molar-refractivity contribution in [2.24, 2.45) is 0 Å². The molecule has 3 rings (SSSR count). The van der Waals surface area contributed by atoms with Gasteiger partial charge in [0.25, 0.3) is 5.91 Å². The summed E-state index contributed by atoms with van der Waals surface area (Å²) in [5.41, 5.74) is 0. The summed E-state index contributed by atoms with van der Waals surface area (Å²) >= 11 is 0.889. The number of rotatable bonds is 3. The van der Waals surface area contributed by atoms with Gasteiger partial charge in [-0.15, -0.1) is 0 Å². The molecule has 0 spiro atoms. The number of thiophene rings is 1. The van der Waals surface area contributed by atoms with Gasteiger partial charge in [0.05, 0.1) is 15.8 Å². The van der Waals surface area contributed by atoms with Gasteiger partial charge in [-0.25, -0.2) is 0 Å². The monoisotopic (exact) mass is 338 g/mol. The molecule has 23 heavy (non-hydrogen) atoms. The number of nitrogens with one attached hydrogen (secondary N) is 1. The third-order valence-electron chi connectivity index (χ3n) is 4.22. The second-order valence-corrected chi connectivity index (χ2v) is 6.72. The van der Waals surface area contributed by atoms with E-state index in [1.807, 2.05) is 0 Å². The van der Waals surface area contributed by atoms with Crippen molar-refractivity contribution < 1.29 is 14.5 Å². The molecule has 0 radical (unpaired) electrons. The minimum atomic E-state index is -0.493. The molecule has 2 saturated heterocycles. The van der Waals surface area contributed by atoms with Crippen LogP contribution in [0, 0.1) is 10.1 Å². The van der Waals surface area contributed by atoms with Crippen LogP contribution < -0.4 is 5.32 Å². The van der Waals surface area contributed by atoms with E-state index in [9.17, 15) is 19.7 Å². The summed E-state index contributed by atoms with van der Waals surface area (Å²) in [6, 6.07) is 2.76. The Balaban J connectivity index is 1.56. The van der Waals surface area contributed by atoms with Gasteiger partial charge < -0.3 is 15.1 Å². The quantitative estimate of drug-likeness (QED) is 0.646. The highest BCUT2D eigenvalue weighted by Gasteiger charge is 2.31. The van der Waals surface area contributed by atoms with Crippen LogP contribution in [0.1, 0.15) is 22.5 Å². The first kappa shape index (κ1) is 15.9. The van der Waals surface area contributed by atoms with Crippen molar-refractivity contribution in [2.45, 2.75) is 18.9 Å². The fourth-order valence-electron chi connectivity index (χ4n) is 2.94. The minimum absolute atomic E-state index is 0.0329. The average Bonchev–Trinajstić information content (AvgIpc) is 3.25. The van der Waals surface area contributed by atoms with Crippen LogP contribution in [0.3, 0.4) is 0 Å². The first-order valence-electron chi connectivity index (χ1n) is 7.62. The average molecular weight is 338 g/mol. The van der Waals surface area contributed by atoms with Crippen LogP contribution in [-0.2, 0) is 4.79 Å². The highest BCUT2D eigenvalue weighted by atomic mass is 32.1. The lowest BCUT2D eigenvalue weighted by atomic mass is 10.2. The molecule has 1 N–H and O–H groups in total. The predicted molar refractivity (Wildman–Crippen MR) is 84.5 cm³/mol. The van der Waals surface area contributed by atoms with Crippen LogP contribution in [0.5, 0.6) is 0 Å². The van der Waals surface area contributed by atoms with Gasteiger partial charge in [-0.1, -0.05) is 11.3 Å². The number of carbonyl (C=O) groups excluding carboxylic acids is 2. The van der Waals surface area contributed by atoms with Crippen LogP contribution in [0.25, 0.3) is 0 Å². The maximum atomic E-state index is 12.4. The zero-order valence-electron chi connectivity index (χ0n) is 12.6. The highest BCUT2D eigenvalue weighted by Crippen LogP contribution is 2.25. The molecule has 2 aliphatic heterocycles. The van der Waals surface area contributed by atoms with Gasteiger partial charge in [-0.05, 0) is 25.5 Å². The maximum absolute atomic E-state index is 12.4. The lowest BCUT2D eigenvalue weighted by Crippen LogP contribution is -2.54. The van der Waals surface area contributed by atoms with Gasteiger partial charge in [-0.3, -0.25) is 19.7 Å². The second-order valence-electron chi connectivity index (χ2n) is 5.66. The number of hydrogen-bond donors (Lipinski definition) is 1. The van der Waals surface area contributed by atoms with Crippen LogP contribution in [-0.4, -0.2) is 65.3 Å². The smallest absolute Gasteiger partial charge is 0.324 e. The summed E-state index contributed by atoms with van der Waals surface area (Å²) in [6.07, 6.45) is 1.89. The number of piperazine rings is 1. The standard InChI is InChI=1S/C14H18N4O4S/c19-13(10-2-1-5-15-10)16-6-8-17(9-7-16)14(20)11-3-4-12(23-11)18(21)22/h3-4,10,15H,1-2,5-9H2. The van der Waals surface area contributed by atoms with E-state index in [1.54, 1.807) is 9.80 Å². The SMILES string of the molecule is O=C(c1ccc([N+](=O)[O-])s1)N1CCN(C(=O)C2CCCN2)CC1. The number of hydrogen-bond acceptors (Lipinski definition) is 6. The van der Waals surface area contributed by atoms with Gasteiger partial charge in [0, 0.05) is 32.2 Å². The molecule has 2 aliphatic rings. The molecule has 2 amide bonds. The van der Waals surface area contributed by atoms with Gasteiger partial charge in [0.2, 0.25) is 5.91 Å². The van der Waals surface area contributed by atoms with E-state index in [4.69, 9.17) is 0 Å². The van der Waals surface area contributed by atoms with Crippen molar-refractivity contribution in [3.05, 3.63) is 27.1 Å². The van der Waals surface area contributed by atoms with E-state index in [-0.39, 0.29) is 22.9 Å². The molecule has 8 nitrogen and oxygen atoms in total. The van der Waals surface area contributed by atoms with Crippen LogP contribution >= 0.6 is 11.3 Å². The zero-order valence-corrected chi connectivity index (χ0v) is 13.4. The number of amides is 2. The van der Waals surface area contributed by atoms with Crippen molar-refractivity contribution in [3.63, 3.8) is 0 Å². The number of carbonyl (C=O) groups is 2. The van der Waals surface area contributed by atoms with Gasteiger partial charge >= 0.3 is 5.00 Å². The van der Waals surface area contributed by atoms with Crippen molar-refractivity contribution >= 4 is 28.2 Å². The molecule has 1 unspecified atom stereocenters. The van der Waals surface area contributed by atoms with Crippen molar-refractivity contribution in [1.29, 1.82) is 0 Å². The van der Waals surface area contributed by atoms with E-state index in [2.05, 4.69) is 5.32 Å². The fourth-order valence-corrected chi connectivity index (χ4v) is 3.73. The molecule has 3 heterocycles. The summed E-state index contributed by atoms with van der Waals surface area (Å²) in [4.78, 5) is 38.7. The molecule has 0 aromatic carbocycles. The number of nitrogens with zero attached hydrogens (tertiary/aromatic N) is 3. The highest BCUT2D eigenvalue weighted by molar-refractivity contribution is 7.17. The normalized spacial score (nSPS) is 21.5. The minimum Gasteiger partial charge on any atom is -0.338 e. The molecule has 0 saturated carbocycles. The van der Waals surface area contributed by atoms with E-state index >= 15 is 0 Å². The first-order valence-corrected chi connectivity index (χ1v) is 8.43. The van der Waals surface area contributed by atoms with Gasteiger partial charge in [-0.2, -0.15) is 0 Å².